The highest BCUT2D eigenvalue weighted by atomic mass is 32.2. The monoisotopic (exact) mass is 353 g/mol. The maximum Gasteiger partial charge on any atom is 0.180 e. The van der Waals surface area contributed by atoms with Crippen molar-refractivity contribution < 1.29 is 4.79 Å². The predicted octanol–water partition coefficient (Wildman–Crippen LogP) is 5.78. The number of carbonyl (C=O) groups is 1. The second kappa shape index (κ2) is 7.32. The van der Waals surface area contributed by atoms with Crippen LogP contribution in [0.4, 0.5) is 0 Å². The van der Waals surface area contributed by atoms with Crippen molar-refractivity contribution in [2.24, 2.45) is 0 Å². The van der Waals surface area contributed by atoms with Crippen LogP contribution in [0.2, 0.25) is 0 Å². The van der Waals surface area contributed by atoms with Crippen LogP contribution in [0.25, 0.3) is 0 Å². The summed E-state index contributed by atoms with van der Waals surface area (Å²) in [7, 11) is 0. The summed E-state index contributed by atoms with van der Waals surface area (Å²) in [6.45, 7) is 6.06. The molecule has 2 aromatic carbocycles. The minimum atomic E-state index is -0.279. The van der Waals surface area contributed by atoms with Crippen LogP contribution >= 0.6 is 23.1 Å². The molecule has 1 atom stereocenters. The first-order valence-corrected chi connectivity index (χ1v) is 9.55. The fourth-order valence-corrected chi connectivity index (χ4v) is 4.48. The summed E-state index contributed by atoms with van der Waals surface area (Å²) in [5, 5.41) is 1.74. The van der Waals surface area contributed by atoms with E-state index >= 15 is 0 Å². The van der Waals surface area contributed by atoms with Crippen molar-refractivity contribution in [3.05, 3.63) is 81.9 Å². The van der Waals surface area contributed by atoms with Crippen LogP contribution in [0.3, 0.4) is 0 Å². The SMILES string of the molecule is Cc1ccc(C(=O)C(Sc2nc(C)cs2)c2ccc(C)cc2)cc1. The molecule has 0 amide bonds. The molecule has 3 rings (SSSR count). The van der Waals surface area contributed by atoms with Crippen LogP contribution in [0.15, 0.2) is 58.3 Å². The zero-order chi connectivity index (χ0) is 17.1. The van der Waals surface area contributed by atoms with Crippen LogP contribution in [0, 0.1) is 20.8 Å². The second-order valence-corrected chi connectivity index (χ2v) is 8.10. The van der Waals surface area contributed by atoms with Gasteiger partial charge in [0.15, 0.2) is 10.1 Å². The molecule has 122 valence electrons. The lowest BCUT2D eigenvalue weighted by molar-refractivity contribution is 0.0989. The zero-order valence-electron chi connectivity index (χ0n) is 13.9. The van der Waals surface area contributed by atoms with Crippen LogP contribution < -0.4 is 0 Å². The molecule has 4 heteroatoms. The normalized spacial score (nSPS) is 12.1. The van der Waals surface area contributed by atoms with Crippen molar-refractivity contribution >= 4 is 28.9 Å². The van der Waals surface area contributed by atoms with E-state index in [1.54, 1.807) is 11.3 Å². The molecule has 0 N–H and O–H groups in total. The first-order valence-electron chi connectivity index (χ1n) is 7.79. The van der Waals surface area contributed by atoms with Gasteiger partial charge in [0.2, 0.25) is 0 Å². The molecule has 0 bridgehead atoms. The number of aromatic nitrogens is 1. The van der Waals surface area contributed by atoms with Gasteiger partial charge in [0.1, 0.15) is 0 Å². The van der Waals surface area contributed by atoms with Crippen molar-refractivity contribution in [2.75, 3.05) is 0 Å². The van der Waals surface area contributed by atoms with E-state index in [-0.39, 0.29) is 11.0 Å². The molecule has 1 unspecified atom stereocenters. The number of Topliss-reactive ketones (excluding diaryl/α,β-unsaturated/α-hetero) is 1. The van der Waals surface area contributed by atoms with Gasteiger partial charge in [0, 0.05) is 16.6 Å². The van der Waals surface area contributed by atoms with E-state index in [1.165, 1.54) is 17.3 Å². The number of carbonyl (C=O) groups excluding carboxylic acids is 1. The number of benzene rings is 2. The van der Waals surface area contributed by atoms with Crippen molar-refractivity contribution in [3.8, 4) is 0 Å². The third kappa shape index (κ3) is 3.94. The Morgan fingerprint density at radius 1 is 0.958 bits per heavy atom. The summed E-state index contributed by atoms with van der Waals surface area (Å²) in [4.78, 5) is 17.6. The lowest BCUT2D eigenvalue weighted by atomic mass is 10.0. The van der Waals surface area contributed by atoms with E-state index in [4.69, 9.17) is 0 Å². The quantitative estimate of drug-likeness (QED) is 0.430. The first kappa shape index (κ1) is 16.9. The summed E-state index contributed by atoms with van der Waals surface area (Å²) in [5.41, 5.74) is 5.10. The van der Waals surface area contributed by atoms with Gasteiger partial charge in [-0.1, -0.05) is 71.4 Å². The molecule has 0 fully saturated rings. The van der Waals surface area contributed by atoms with E-state index in [1.807, 2.05) is 55.6 Å². The third-order valence-electron chi connectivity index (χ3n) is 3.77. The van der Waals surface area contributed by atoms with Crippen LogP contribution in [0.5, 0.6) is 0 Å². The van der Waals surface area contributed by atoms with E-state index < -0.39 is 0 Å². The summed E-state index contributed by atoms with van der Waals surface area (Å²) in [5.74, 6) is 0.122. The van der Waals surface area contributed by atoms with E-state index in [0.717, 1.165) is 26.7 Å². The highest BCUT2D eigenvalue weighted by Gasteiger charge is 2.24. The minimum Gasteiger partial charge on any atom is -0.293 e. The Morgan fingerprint density at radius 2 is 1.54 bits per heavy atom. The molecule has 0 spiro atoms. The average molecular weight is 354 g/mol. The number of ketones is 1. The highest BCUT2D eigenvalue weighted by molar-refractivity contribution is 8.01. The molecule has 1 aromatic heterocycles. The molecule has 3 aromatic rings. The predicted molar refractivity (Wildman–Crippen MR) is 102 cm³/mol. The highest BCUT2D eigenvalue weighted by Crippen LogP contribution is 2.39. The molecule has 0 aliphatic rings. The number of nitrogens with zero attached hydrogens (tertiary/aromatic N) is 1. The molecule has 1 heterocycles. The number of hydrogen-bond donors (Lipinski definition) is 0. The lowest BCUT2D eigenvalue weighted by Crippen LogP contribution is -2.10. The molecule has 0 radical (unpaired) electrons. The van der Waals surface area contributed by atoms with Crippen LogP contribution in [0.1, 0.15) is 38.0 Å². The van der Waals surface area contributed by atoms with Gasteiger partial charge in [-0.3, -0.25) is 4.79 Å². The number of hydrogen-bond acceptors (Lipinski definition) is 4. The van der Waals surface area contributed by atoms with Gasteiger partial charge in [0.25, 0.3) is 0 Å². The van der Waals surface area contributed by atoms with Gasteiger partial charge in [-0.05, 0) is 26.3 Å². The minimum absolute atomic E-state index is 0.122. The molecule has 0 aliphatic heterocycles. The standard InChI is InChI=1S/C20H19NOS2/c1-13-4-8-16(9-5-13)18(22)19(17-10-6-14(2)7-11-17)24-20-21-15(3)12-23-20/h4-12,19H,1-3H3. The smallest absolute Gasteiger partial charge is 0.180 e. The molecule has 0 saturated carbocycles. The van der Waals surface area contributed by atoms with Gasteiger partial charge >= 0.3 is 0 Å². The fourth-order valence-electron chi connectivity index (χ4n) is 2.37. The van der Waals surface area contributed by atoms with Gasteiger partial charge in [0.05, 0.1) is 5.25 Å². The van der Waals surface area contributed by atoms with Crippen molar-refractivity contribution in [2.45, 2.75) is 30.4 Å². The fraction of sp³-hybridized carbons (Fsp3) is 0.200. The van der Waals surface area contributed by atoms with Gasteiger partial charge < -0.3 is 0 Å². The van der Waals surface area contributed by atoms with Crippen LogP contribution in [-0.2, 0) is 0 Å². The Bertz CT molecular complexity index is 835. The van der Waals surface area contributed by atoms with Crippen molar-refractivity contribution in [1.29, 1.82) is 0 Å². The number of rotatable bonds is 5. The summed E-state index contributed by atoms with van der Waals surface area (Å²) in [6, 6.07) is 16.0. The van der Waals surface area contributed by atoms with Crippen LogP contribution in [-0.4, -0.2) is 10.8 Å². The molecule has 0 aliphatic carbocycles. The topological polar surface area (TPSA) is 30.0 Å². The Kier molecular flexibility index (Phi) is 5.17. The molecule has 2 nitrogen and oxygen atoms in total. The average Bonchev–Trinajstić information content (AvgIpc) is 2.99. The summed E-state index contributed by atoms with van der Waals surface area (Å²) in [6.07, 6.45) is 0. The maximum atomic E-state index is 13.1. The summed E-state index contributed by atoms with van der Waals surface area (Å²) < 4.78 is 0.929. The largest absolute Gasteiger partial charge is 0.293 e. The lowest BCUT2D eigenvalue weighted by Gasteiger charge is -2.15. The van der Waals surface area contributed by atoms with E-state index in [2.05, 4.69) is 24.0 Å². The Labute approximate surface area is 151 Å². The molecular weight excluding hydrogens is 334 g/mol. The first-order chi connectivity index (χ1) is 11.5. The van der Waals surface area contributed by atoms with E-state index in [0.29, 0.717) is 0 Å². The third-order valence-corrected chi connectivity index (χ3v) is 6.12. The Balaban J connectivity index is 1.95. The molecular formula is C20H19NOS2. The number of thiazole rings is 1. The Morgan fingerprint density at radius 3 is 2.08 bits per heavy atom. The summed E-state index contributed by atoms with van der Waals surface area (Å²) >= 11 is 3.12. The van der Waals surface area contributed by atoms with E-state index in [9.17, 15) is 4.79 Å². The van der Waals surface area contributed by atoms with Gasteiger partial charge in [-0.25, -0.2) is 4.98 Å². The number of thioether (sulfide) groups is 1. The van der Waals surface area contributed by atoms with Gasteiger partial charge in [-0.15, -0.1) is 11.3 Å². The molecule has 0 saturated heterocycles. The van der Waals surface area contributed by atoms with Gasteiger partial charge in [-0.2, -0.15) is 0 Å². The maximum absolute atomic E-state index is 13.1. The molecule has 24 heavy (non-hydrogen) atoms. The van der Waals surface area contributed by atoms with Crippen molar-refractivity contribution in [1.82, 2.24) is 4.98 Å². The number of aryl methyl sites for hydroxylation is 3. The second-order valence-electron chi connectivity index (χ2n) is 5.89. The zero-order valence-corrected chi connectivity index (χ0v) is 15.6. The Hall–Kier alpha value is -1.91. The van der Waals surface area contributed by atoms with Crippen molar-refractivity contribution in [3.63, 3.8) is 0 Å².